The molecule has 1 unspecified atom stereocenters. The Morgan fingerprint density at radius 3 is 2.59 bits per heavy atom. The third kappa shape index (κ3) is 3.25. The van der Waals surface area contributed by atoms with Crippen molar-refractivity contribution in [1.82, 2.24) is 10.9 Å². The number of rotatable bonds is 4. The third-order valence-electron chi connectivity index (χ3n) is 5.09. The second kappa shape index (κ2) is 7.14. The fourth-order valence-corrected chi connectivity index (χ4v) is 3.59. The summed E-state index contributed by atoms with van der Waals surface area (Å²) in [6.07, 6.45) is 5.91. The summed E-state index contributed by atoms with van der Waals surface area (Å²) < 4.78 is 0. The van der Waals surface area contributed by atoms with Crippen LogP contribution in [0, 0.1) is 11.3 Å². The molecule has 1 atom stereocenters. The van der Waals surface area contributed by atoms with Gasteiger partial charge in [-0.25, -0.2) is 5.43 Å². The SMILES string of the molecule is N#Cc1cccc(C2(C(=O)Nc3ccc(N4CCCC4)cc3)C=CNN2)c1. The van der Waals surface area contributed by atoms with Gasteiger partial charge >= 0.3 is 0 Å². The number of carbonyl (C=O) groups excluding carboxylic acids is 1. The van der Waals surface area contributed by atoms with Crippen LogP contribution in [0.1, 0.15) is 24.0 Å². The number of benzene rings is 2. The highest BCUT2D eigenvalue weighted by Crippen LogP contribution is 2.28. The summed E-state index contributed by atoms with van der Waals surface area (Å²) in [6.45, 7) is 2.18. The van der Waals surface area contributed by atoms with Crippen molar-refractivity contribution in [1.29, 1.82) is 5.26 Å². The Morgan fingerprint density at radius 2 is 1.93 bits per heavy atom. The lowest BCUT2D eigenvalue weighted by atomic mass is 9.89. The van der Waals surface area contributed by atoms with Crippen molar-refractivity contribution >= 4 is 17.3 Å². The van der Waals surface area contributed by atoms with Crippen molar-refractivity contribution in [3.05, 3.63) is 71.9 Å². The molecule has 27 heavy (non-hydrogen) atoms. The molecular weight excluding hydrogens is 338 g/mol. The van der Waals surface area contributed by atoms with Crippen molar-refractivity contribution < 1.29 is 4.79 Å². The Labute approximate surface area is 158 Å². The average Bonchev–Trinajstić information content (AvgIpc) is 3.41. The Morgan fingerprint density at radius 1 is 1.15 bits per heavy atom. The predicted octanol–water partition coefficient (Wildman–Crippen LogP) is 2.61. The molecule has 6 heteroatoms. The quantitative estimate of drug-likeness (QED) is 0.782. The van der Waals surface area contributed by atoms with Gasteiger partial charge in [-0.05, 0) is 60.9 Å². The standard InChI is InChI=1S/C21H21N5O/c22-15-16-4-3-5-17(14-16)21(10-11-23-25-21)20(27)24-18-6-8-19(9-7-18)26-12-1-2-13-26/h3-11,14,23,25H,1-2,12-13H2,(H,24,27). The predicted molar refractivity (Wildman–Crippen MR) is 105 cm³/mol. The normalized spacial score (nSPS) is 20.9. The molecule has 6 nitrogen and oxygen atoms in total. The Bertz CT molecular complexity index is 909. The monoisotopic (exact) mass is 359 g/mol. The van der Waals surface area contributed by atoms with E-state index in [0.29, 0.717) is 11.1 Å². The Kier molecular flexibility index (Phi) is 4.53. The fourth-order valence-electron chi connectivity index (χ4n) is 3.59. The topological polar surface area (TPSA) is 80.2 Å². The van der Waals surface area contributed by atoms with Crippen LogP contribution in [-0.4, -0.2) is 19.0 Å². The lowest BCUT2D eigenvalue weighted by molar-refractivity contribution is -0.121. The summed E-state index contributed by atoms with van der Waals surface area (Å²) in [5.74, 6) is -0.215. The molecule has 2 aromatic rings. The first kappa shape index (κ1) is 17.1. The van der Waals surface area contributed by atoms with Gasteiger partial charge in [0.1, 0.15) is 0 Å². The summed E-state index contributed by atoms with van der Waals surface area (Å²) in [6, 6.07) is 17.1. The maximum atomic E-state index is 13.1. The first-order valence-corrected chi connectivity index (χ1v) is 9.09. The number of hydrazine groups is 1. The zero-order valence-corrected chi connectivity index (χ0v) is 14.9. The summed E-state index contributed by atoms with van der Waals surface area (Å²) in [5, 5.41) is 12.2. The fraction of sp³-hybridized carbons (Fsp3) is 0.238. The molecule has 2 aromatic carbocycles. The molecule has 0 bridgehead atoms. The smallest absolute Gasteiger partial charge is 0.255 e. The Balaban J connectivity index is 1.56. The lowest BCUT2D eigenvalue weighted by Gasteiger charge is -2.27. The molecule has 1 fully saturated rings. The molecule has 0 spiro atoms. The Hall–Kier alpha value is -3.30. The van der Waals surface area contributed by atoms with Gasteiger partial charge in [0, 0.05) is 30.7 Å². The average molecular weight is 359 g/mol. The first-order chi connectivity index (χ1) is 13.2. The van der Waals surface area contributed by atoms with Crippen LogP contribution >= 0.6 is 0 Å². The van der Waals surface area contributed by atoms with Gasteiger partial charge < -0.3 is 15.6 Å². The highest BCUT2D eigenvalue weighted by Gasteiger charge is 2.40. The first-order valence-electron chi connectivity index (χ1n) is 9.09. The minimum absolute atomic E-state index is 0.215. The van der Waals surface area contributed by atoms with Crippen LogP contribution in [-0.2, 0) is 10.3 Å². The molecule has 2 aliphatic rings. The van der Waals surface area contributed by atoms with E-state index >= 15 is 0 Å². The van der Waals surface area contributed by atoms with E-state index in [1.807, 2.05) is 30.3 Å². The third-order valence-corrected chi connectivity index (χ3v) is 5.09. The number of nitrogens with zero attached hydrogens (tertiary/aromatic N) is 2. The number of hydrogen-bond donors (Lipinski definition) is 3. The van der Waals surface area contributed by atoms with Gasteiger partial charge in [-0.15, -0.1) is 0 Å². The van der Waals surface area contributed by atoms with E-state index in [-0.39, 0.29) is 5.91 Å². The van der Waals surface area contributed by atoms with Gasteiger partial charge in [-0.2, -0.15) is 5.26 Å². The van der Waals surface area contributed by atoms with Gasteiger partial charge in [0.25, 0.3) is 5.91 Å². The highest BCUT2D eigenvalue weighted by atomic mass is 16.2. The number of anilines is 2. The highest BCUT2D eigenvalue weighted by molar-refractivity contribution is 6.00. The van der Waals surface area contributed by atoms with E-state index in [0.717, 1.165) is 18.8 Å². The number of amides is 1. The maximum absolute atomic E-state index is 13.1. The second-order valence-corrected chi connectivity index (χ2v) is 6.80. The van der Waals surface area contributed by atoms with Crippen molar-refractivity contribution in [3.8, 4) is 6.07 Å². The summed E-state index contributed by atoms with van der Waals surface area (Å²) in [4.78, 5) is 15.5. The molecule has 1 saturated heterocycles. The van der Waals surface area contributed by atoms with Crippen LogP contribution in [0.2, 0.25) is 0 Å². The lowest BCUT2D eigenvalue weighted by Crippen LogP contribution is -2.51. The van der Waals surface area contributed by atoms with Crippen LogP contribution in [0.5, 0.6) is 0 Å². The van der Waals surface area contributed by atoms with E-state index in [2.05, 4.69) is 27.1 Å². The van der Waals surface area contributed by atoms with Gasteiger partial charge in [0.05, 0.1) is 11.6 Å². The van der Waals surface area contributed by atoms with Crippen LogP contribution in [0.25, 0.3) is 0 Å². The van der Waals surface area contributed by atoms with Crippen LogP contribution in [0.3, 0.4) is 0 Å². The molecule has 0 radical (unpaired) electrons. The number of nitrogens with one attached hydrogen (secondary N) is 3. The van der Waals surface area contributed by atoms with Crippen LogP contribution in [0.4, 0.5) is 11.4 Å². The molecule has 4 rings (SSSR count). The van der Waals surface area contributed by atoms with Gasteiger partial charge in [-0.3, -0.25) is 4.79 Å². The molecule has 0 saturated carbocycles. The number of hydrogen-bond acceptors (Lipinski definition) is 5. The zero-order chi connectivity index (χ0) is 18.7. The zero-order valence-electron chi connectivity index (χ0n) is 14.9. The molecule has 3 N–H and O–H groups in total. The van der Waals surface area contributed by atoms with Crippen LogP contribution < -0.4 is 21.1 Å². The molecule has 1 amide bonds. The van der Waals surface area contributed by atoms with E-state index in [1.54, 1.807) is 30.5 Å². The molecule has 2 aliphatic heterocycles. The second-order valence-electron chi connectivity index (χ2n) is 6.80. The number of nitriles is 1. The minimum Gasteiger partial charge on any atom is -0.372 e. The van der Waals surface area contributed by atoms with Crippen molar-refractivity contribution in [2.45, 2.75) is 18.4 Å². The molecule has 0 aliphatic carbocycles. The molecule has 0 aromatic heterocycles. The molecule has 2 heterocycles. The summed E-state index contributed by atoms with van der Waals surface area (Å²) in [5.41, 5.74) is 7.97. The largest absolute Gasteiger partial charge is 0.372 e. The van der Waals surface area contributed by atoms with Crippen molar-refractivity contribution in [2.75, 3.05) is 23.3 Å². The molecule has 136 valence electrons. The van der Waals surface area contributed by atoms with Gasteiger partial charge in [0.15, 0.2) is 5.54 Å². The van der Waals surface area contributed by atoms with Crippen LogP contribution in [0.15, 0.2) is 60.8 Å². The van der Waals surface area contributed by atoms with E-state index in [4.69, 9.17) is 5.26 Å². The molecular formula is C21H21N5O. The van der Waals surface area contributed by atoms with Gasteiger partial charge in [-0.1, -0.05) is 12.1 Å². The minimum atomic E-state index is -1.07. The summed E-state index contributed by atoms with van der Waals surface area (Å²) in [7, 11) is 0. The van der Waals surface area contributed by atoms with Crippen molar-refractivity contribution in [3.63, 3.8) is 0 Å². The van der Waals surface area contributed by atoms with Gasteiger partial charge in [0.2, 0.25) is 0 Å². The van der Waals surface area contributed by atoms with E-state index in [1.165, 1.54) is 18.5 Å². The number of carbonyl (C=O) groups is 1. The van der Waals surface area contributed by atoms with Crippen molar-refractivity contribution in [2.24, 2.45) is 0 Å². The maximum Gasteiger partial charge on any atom is 0.255 e. The van der Waals surface area contributed by atoms with E-state index < -0.39 is 5.54 Å². The summed E-state index contributed by atoms with van der Waals surface area (Å²) >= 11 is 0. The van der Waals surface area contributed by atoms with E-state index in [9.17, 15) is 4.79 Å².